The molecule has 126 valence electrons. The smallest absolute Gasteiger partial charge is 0.125 e. The summed E-state index contributed by atoms with van der Waals surface area (Å²) in [6, 6.07) is 17.7. The minimum Gasteiger partial charge on any atom is -0.489 e. The van der Waals surface area contributed by atoms with E-state index in [0.29, 0.717) is 12.5 Å². The first-order chi connectivity index (χ1) is 11.7. The van der Waals surface area contributed by atoms with Crippen molar-refractivity contribution in [3.8, 4) is 11.5 Å². The lowest BCUT2D eigenvalue weighted by Gasteiger charge is -2.32. The van der Waals surface area contributed by atoms with E-state index in [0.717, 1.165) is 36.3 Å². The molecule has 0 aliphatic heterocycles. The van der Waals surface area contributed by atoms with Gasteiger partial charge in [-0.25, -0.2) is 0 Å². The van der Waals surface area contributed by atoms with E-state index in [4.69, 9.17) is 9.47 Å². The number of aliphatic hydroxyl groups is 1. The molecular weight excluding hydrogens is 300 g/mol. The molecule has 1 aliphatic carbocycles. The van der Waals surface area contributed by atoms with Crippen molar-refractivity contribution in [1.82, 2.24) is 0 Å². The Balaban J connectivity index is 1.55. The van der Waals surface area contributed by atoms with Gasteiger partial charge in [0.2, 0.25) is 0 Å². The molecule has 0 radical (unpaired) electrons. The van der Waals surface area contributed by atoms with Crippen LogP contribution in [0, 0.1) is 5.92 Å². The molecule has 1 aliphatic rings. The highest BCUT2D eigenvalue weighted by molar-refractivity contribution is 5.31. The fraction of sp³-hybridized carbons (Fsp3) is 0.333. The van der Waals surface area contributed by atoms with Crippen molar-refractivity contribution in [2.45, 2.75) is 38.1 Å². The van der Waals surface area contributed by atoms with Gasteiger partial charge in [0.15, 0.2) is 0 Å². The zero-order valence-electron chi connectivity index (χ0n) is 13.8. The first kappa shape index (κ1) is 16.6. The van der Waals surface area contributed by atoms with Crippen molar-refractivity contribution in [3.63, 3.8) is 0 Å². The van der Waals surface area contributed by atoms with Crippen molar-refractivity contribution in [2.75, 3.05) is 0 Å². The largest absolute Gasteiger partial charge is 0.489 e. The number of hydrogen-bond acceptors (Lipinski definition) is 3. The molecule has 0 saturated heterocycles. The summed E-state index contributed by atoms with van der Waals surface area (Å²) >= 11 is 0. The quantitative estimate of drug-likeness (QED) is 0.802. The van der Waals surface area contributed by atoms with Gasteiger partial charge < -0.3 is 14.6 Å². The number of allylic oxidation sites excluding steroid dienone is 1. The van der Waals surface area contributed by atoms with E-state index in [9.17, 15) is 5.11 Å². The van der Waals surface area contributed by atoms with Gasteiger partial charge in [-0.3, -0.25) is 0 Å². The van der Waals surface area contributed by atoms with E-state index in [1.165, 1.54) is 0 Å². The molecule has 24 heavy (non-hydrogen) atoms. The lowest BCUT2D eigenvalue weighted by molar-refractivity contribution is -0.00364. The van der Waals surface area contributed by atoms with Crippen molar-refractivity contribution >= 4 is 0 Å². The van der Waals surface area contributed by atoms with Crippen molar-refractivity contribution < 1.29 is 14.6 Å². The summed E-state index contributed by atoms with van der Waals surface area (Å²) in [7, 11) is 0. The van der Waals surface area contributed by atoms with Crippen LogP contribution in [0.15, 0.2) is 67.3 Å². The molecule has 3 heteroatoms. The second-order valence-electron chi connectivity index (χ2n) is 6.28. The molecule has 0 spiro atoms. The Morgan fingerprint density at radius 2 is 1.71 bits per heavy atom. The zero-order valence-corrected chi connectivity index (χ0v) is 13.8. The molecule has 1 saturated carbocycles. The standard InChI is InChI=1S/C21H24O3/c1-2-16-8-13-20(22)21(14-16)24-19-11-9-18(10-12-19)23-15-17-6-4-3-5-7-17/h2-7,9-12,16,20-22H,1,8,13-15H2. The third-order valence-electron chi connectivity index (χ3n) is 4.49. The average molecular weight is 324 g/mol. The number of rotatable bonds is 6. The first-order valence-electron chi connectivity index (χ1n) is 8.48. The van der Waals surface area contributed by atoms with E-state index < -0.39 is 6.10 Å². The molecule has 0 bridgehead atoms. The molecular formula is C21H24O3. The van der Waals surface area contributed by atoms with Gasteiger partial charge in [-0.2, -0.15) is 0 Å². The van der Waals surface area contributed by atoms with Crippen LogP contribution in [0.1, 0.15) is 24.8 Å². The van der Waals surface area contributed by atoms with Gasteiger partial charge in [0, 0.05) is 0 Å². The Morgan fingerprint density at radius 3 is 2.42 bits per heavy atom. The van der Waals surface area contributed by atoms with E-state index in [-0.39, 0.29) is 6.10 Å². The molecule has 0 amide bonds. The number of aliphatic hydroxyl groups excluding tert-OH is 1. The SMILES string of the molecule is C=CC1CCC(O)C(Oc2ccc(OCc3ccccc3)cc2)C1. The second-order valence-corrected chi connectivity index (χ2v) is 6.28. The molecule has 1 fully saturated rings. The summed E-state index contributed by atoms with van der Waals surface area (Å²) < 4.78 is 11.7. The lowest BCUT2D eigenvalue weighted by atomic mass is 9.85. The molecule has 0 heterocycles. The minimum atomic E-state index is -0.407. The number of ether oxygens (including phenoxy) is 2. The van der Waals surface area contributed by atoms with Crippen molar-refractivity contribution in [3.05, 3.63) is 72.8 Å². The second kappa shape index (κ2) is 8.02. The van der Waals surface area contributed by atoms with Crippen LogP contribution in [0.2, 0.25) is 0 Å². The Morgan fingerprint density at radius 1 is 1.00 bits per heavy atom. The van der Waals surface area contributed by atoms with Crippen LogP contribution in [0.3, 0.4) is 0 Å². The highest BCUT2D eigenvalue weighted by atomic mass is 16.5. The Hall–Kier alpha value is -2.26. The summed E-state index contributed by atoms with van der Waals surface area (Å²) in [5.74, 6) is 1.99. The fourth-order valence-corrected chi connectivity index (χ4v) is 3.01. The van der Waals surface area contributed by atoms with E-state index in [1.807, 2.05) is 60.7 Å². The maximum atomic E-state index is 10.1. The van der Waals surface area contributed by atoms with Crippen LogP contribution >= 0.6 is 0 Å². The van der Waals surface area contributed by atoms with Crippen molar-refractivity contribution in [1.29, 1.82) is 0 Å². The number of hydrogen-bond donors (Lipinski definition) is 1. The van der Waals surface area contributed by atoms with Crippen LogP contribution in [0.5, 0.6) is 11.5 Å². The van der Waals surface area contributed by atoms with Crippen LogP contribution in [0.25, 0.3) is 0 Å². The maximum Gasteiger partial charge on any atom is 0.125 e. The average Bonchev–Trinajstić information content (AvgIpc) is 2.64. The summed E-state index contributed by atoms with van der Waals surface area (Å²) in [6.45, 7) is 4.40. The molecule has 3 unspecified atom stereocenters. The van der Waals surface area contributed by atoms with E-state index in [2.05, 4.69) is 6.58 Å². The summed E-state index contributed by atoms with van der Waals surface area (Å²) in [4.78, 5) is 0. The van der Waals surface area contributed by atoms with Crippen LogP contribution in [-0.2, 0) is 6.61 Å². The third kappa shape index (κ3) is 4.39. The normalized spacial score (nSPS) is 23.5. The van der Waals surface area contributed by atoms with E-state index in [1.54, 1.807) is 0 Å². The Labute approximate surface area is 143 Å². The Kier molecular flexibility index (Phi) is 5.55. The van der Waals surface area contributed by atoms with Gasteiger partial charge in [-0.1, -0.05) is 36.4 Å². The molecule has 2 aromatic rings. The van der Waals surface area contributed by atoms with Crippen LogP contribution in [0.4, 0.5) is 0 Å². The monoisotopic (exact) mass is 324 g/mol. The van der Waals surface area contributed by atoms with Crippen molar-refractivity contribution in [2.24, 2.45) is 5.92 Å². The van der Waals surface area contributed by atoms with Crippen LogP contribution < -0.4 is 9.47 Å². The summed E-state index contributed by atoms with van der Waals surface area (Å²) in [5.41, 5.74) is 1.14. The van der Waals surface area contributed by atoms with Crippen LogP contribution in [-0.4, -0.2) is 17.3 Å². The van der Waals surface area contributed by atoms with Gasteiger partial charge in [-0.05, 0) is 55.0 Å². The minimum absolute atomic E-state index is 0.169. The highest BCUT2D eigenvalue weighted by Crippen LogP contribution is 2.29. The molecule has 1 N–H and O–H groups in total. The molecule has 3 nitrogen and oxygen atoms in total. The summed E-state index contributed by atoms with van der Waals surface area (Å²) in [6.07, 6.45) is 3.95. The molecule has 3 atom stereocenters. The topological polar surface area (TPSA) is 38.7 Å². The van der Waals surface area contributed by atoms with Gasteiger partial charge >= 0.3 is 0 Å². The summed E-state index contributed by atoms with van der Waals surface area (Å²) in [5, 5.41) is 10.1. The van der Waals surface area contributed by atoms with Gasteiger partial charge in [0.1, 0.15) is 24.2 Å². The zero-order chi connectivity index (χ0) is 16.8. The van der Waals surface area contributed by atoms with E-state index >= 15 is 0 Å². The number of benzene rings is 2. The maximum absolute atomic E-state index is 10.1. The predicted octanol–water partition coefficient (Wildman–Crippen LogP) is 4.36. The predicted molar refractivity (Wildman–Crippen MR) is 95.2 cm³/mol. The Bertz CT molecular complexity index is 636. The first-order valence-corrected chi connectivity index (χ1v) is 8.48. The van der Waals surface area contributed by atoms with Gasteiger partial charge in [0.05, 0.1) is 6.10 Å². The molecule has 3 rings (SSSR count). The molecule has 2 aromatic carbocycles. The van der Waals surface area contributed by atoms with Gasteiger partial charge in [-0.15, -0.1) is 6.58 Å². The fourth-order valence-electron chi connectivity index (χ4n) is 3.01. The highest BCUT2D eigenvalue weighted by Gasteiger charge is 2.29. The van der Waals surface area contributed by atoms with Gasteiger partial charge in [0.25, 0.3) is 0 Å². The third-order valence-corrected chi connectivity index (χ3v) is 4.49. The lowest BCUT2D eigenvalue weighted by Crippen LogP contribution is -2.37. The molecule has 0 aromatic heterocycles.